The Morgan fingerprint density at radius 2 is 1.79 bits per heavy atom. The van der Waals surface area contributed by atoms with Gasteiger partial charge in [0.1, 0.15) is 0 Å². The quantitative estimate of drug-likeness (QED) is 0.422. The number of rotatable bonds is 3. The van der Waals surface area contributed by atoms with Crippen LogP contribution in [0.25, 0.3) is 0 Å². The van der Waals surface area contributed by atoms with Gasteiger partial charge < -0.3 is 10.6 Å². The second-order valence-electron chi connectivity index (χ2n) is 4.86. The molecule has 2 saturated heterocycles. The third-order valence-electron chi connectivity index (χ3n) is 3.51. The van der Waals surface area contributed by atoms with Gasteiger partial charge in [-0.25, -0.2) is 12.7 Å². The van der Waals surface area contributed by atoms with E-state index < -0.39 is 10.0 Å². The van der Waals surface area contributed by atoms with Crippen molar-refractivity contribution in [2.45, 2.75) is 25.7 Å². The predicted octanol–water partition coefficient (Wildman–Crippen LogP) is 0.440. The summed E-state index contributed by atoms with van der Waals surface area (Å²) in [6.45, 7) is 3.48. The first-order chi connectivity index (χ1) is 8.59. The highest BCUT2D eigenvalue weighted by molar-refractivity contribution is 14.0. The highest BCUT2D eigenvalue weighted by atomic mass is 127. The first-order valence-corrected chi connectivity index (χ1v) is 8.23. The van der Waals surface area contributed by atoms with E-state index in [0.29, 0.717) is 25.6 Å². The van der Waals surface area contributed by atoms with Crippen LogP contribution in [-0.4, -0.2) is 62.1 Å². The Labute approximate surface area is 132 Å². The van der Waals surface area contributed by atoms with E-state index in [4.69, 9.17) is 5.73 Å². The Balaban J connectivity index is 0.00000180. The Hall–Kier alpha value is -0.0900. The molecule has 0 unspecified atom stereocenters. The highest BCUT2D eigenvalue weighted by Crippen LogP contribution is 2.12. The van der Waals surface area contributed by atoms with Crippen LogP contribution >= 0.6 is 24.0 Å². The molecular formula is C11H23IN4O2S. The molecule has 0 aliphatic carbocycles. The zero-order chi connectivity index (χ0) is 13.0. The van der Waals surface area contributed by atoms with Gasteiger partial charge in [-0.05, 0) is 25.7 Å². The van der Waals surface area contributed by atoms with E-state index in [1.54, 1.807) is 0 Å². The molecule has 0 atom stereocenters. The van der Waals surface area contributed by atoms with E-state index in [2.05, 4.69) is 9.89 Å². The molecule has 0 bridgehead atoms. The van der Waals surface area contributed by atoms with Crippen LogP contribution in [0.5, 0.6) is 0 Å². The fourth-order valence-electron chi connectivity index (χ4n) is 2.44. The van der Waals surface area contributed by atoms with E-state index in [9.17, 15) is 8.42 Å². The van der Waals surface area contributed by atoms with Gasteiger partial charge in [0.25, 0.3) is 0 Å². The average molecular weight is 402 g/mol. The fourth-order valence-corrected chi connectivity index (χ4v) is 3.96. The number of hydrogen-bond donors (Lipinski definition) is 1. The summed E-state index contributed by atoms with van der Waals surface area (Å²) >= 11 is 0. The third-order valence-corrected chi connectivity index (χ3v) is 5.46. The number of halogens is 1. The summed E-state index contributed by atoms with van der Waals surface area (Å²) in [6.07, 6.45) is 4.32. The lowest BCUT2D eigenvalue weighted by atomic mass is 10.1. The zero-order valence-corrected chi connectivity index (χ0v) is 14.3. The zero-order valence-electron chi connectivity index (χ0n) is 11.1. The lowest BCUT2D eigenvalue weighted by Gasteiger charge is -2.27. The van der Waals surface area contributed by atoms with Crippen molar-refractivity contribution in [1.29, 1.82) is 0 Å². The van der Waals surface area contributed by atoms with Crippen molar-refractivity contribution in [3.05, 3.63) is 0 Å². The van der Waals surface area contributed by atoms with Crippen molar-refractivity contribution < 1.29 is 8.42 Å². The Morgan fingerprint density at radius 1 is 1.11 bits per heavy atom. The Morgan fingerprint density at radius 3 is 2.37 bits per heavy atom. The van der Waals surface area contributed by atoms with Crippen LogP contribution in [0.3, 0.4) is 0 Å². The minimum absolute atomic E-state index is 0. The average Bonchev–Trinajstić information content (AvgIpc) is 2.70. The van der Waals surface area contributed by atoms with E-state index in [1.165, 1.54) is 10.7 Å². The van der Waals surface area contributed by atoms with Crippen molar-refractivity contribution >= 4 is 40.0 Å². The largest absolute Gasteiger partial charge is 0.370 e. The lowest BCUT2D eigenvalue weighted by molar-refractivity contribution is 0.337. The number of nitrogens with two attached hydrogens (primary N) is 1. The molecule has 2 N–H and O–H groups in total. The van der Waals surface area contributed by atoms with Gasteiger partial charge in [-0.2, -0.15) is 0 Å². The predicted molar refractivity (Wildman–Crippen MR) is 87.3 cm³/mol. The maximum Gasteiger partial charge on any atom is 0.214 e. The van der Waals surface area contributed by atoms with E-state index in [0.717, 1.165) is 32.4 Å². The first-order valence-electron chi connectivity index (χ1n) is 6.62. The fraction of sp³-hybridized carbons (Fsp3) is 0.909. The van der Waals surface area contributed by atoms with Crippen molar-refractivity contribution in [1.82, 2.24) is 9.21 Å². The number of guanidine groups is 1. The molecule has 112 valence electrons. The molecule has 0 saturated carbocycles. The van der Waals surface area contributed by atoms with Crippen LogP contribution in [0.4, 0.5) is 0 Å². The molecule has 0 amide bonds. The summed E-state index contributed by atoms with van der Waals surface area (Å²) in [5, 5.41) is 0. The van der Waals surface area contributed by atoms with Crippen LogP contribution in [0, 0.1) is 0 Å². The minimum atomic E-state index is -3.00. The second kappa shape index (κ2) is 7.63. The van der Waals surface area contributed by atoms with Gasteiger partial charge in [-0.15, -0.1) is 24.0 Å². The number of aliphatic imine (C=N–C) groups is 1. The Bertz CT molecular complexity index is 407. The molecule has 0 radical (unpaired) electrons. The number of hydrogen-bond acceptors (Lipinski definition) is 3. The van der Waals surface area contributed by atoms with Crippen LogP contribution in [-0.2, 0) is 10.0 Å². The lowest BCUT2D eigenvalue weighted by Crippen LogP contribution is -2.41. The molecule has 0 aromatic heterocycles. The van der Waals surface area contributed by atoms with Gasteiger partial charge in [0.05, 0.1) is 12.3 Å². The third kappa shape index (κ3) is 4.75. The van der Waals surface area contributed by atoms with Crippen molar-refractivity contribution in [3.8, 4) is 0 Å². The summed E-state index contributed by atoms with van der Waals surface area (Å²) in [5.74, 6) is 0.837. The summed E-state index contributed by atoms with van der Waals surface area (Å²) in [7, 11) is -3.00. The smallest absolute Gasteiger partial charge is 0.214 e. The molecule has 19 heavy (non-hydrogen) atoms. The highest BCUT2D eigenvalue weighted by Gasteiger charge is 2.27. The van der Waals surface area contributed by atoms with Gasteiger partial charge >= 0.3 is 0 Å². The molecule has 2 fully saturated rings. The molecule has 0 aromatic carbocycles. The standard InChI is InChI=1S/C11H22N4O2S.HI/c12-11(14-6-2-1-3-7-14)13-5-9-15-8-4-10-18(15,16)17;/h1-10H2,(H2,12,13);1H. The van der Waals surface area contributed by atoms with Crippen molar-refractivity contribution in [2.24, 2.45) is 10.7 Å². The normalized spacial score (nSPS) is 24.2. The van der Waals surface area contributed by atoms with Crippen molar-refractivity contribution in [3.63, 3.8) is 0 Å². The van der Waals surface area contributed by atoms with Gasteiger partial charge in [0, 0.05) is 26.2 Å². The van der Waals surface area contributed by atoms with Gasteiger partial charge in [-0.3, -0.25) is 4.99 Å². The van der Waals surface area contributed by atoms with Crippen molar-refractivity contribution in [2.75, 3.05) is 38.5 Å². The van der Waals surface area contributed by atoms with E-state index >= 15 is 0 Å². The van der Waals surface area contributed by atoms with Crippen LogP contribution in [0.2, 0.25) is 0 Å². The van der Waals surface area contributed by atoms with Crippen LogP contribution in [0.15, 0.2) is 4.99 Å². The second-order valence-corrected chi connectivity index (χ2v) is 6.94. The SMILES string of the molecule is I.NC(=NCCN1CCCS1(=O)=O)N1CCCCC1. The number of piperidine rings is 1. The van der Waals surface area contributed by atoms with Gasteiger partial charge in [0.2, 0.25) is 10.0 Å². The summed E-state index contributed by atoms with van der Waals surface area (Å²) in [6, 6.07) is 0. The number of likely N-dealkylation sites (tertiary alicyclic amines) is 1. The number of nitrogens with zero attached hydrogens (tertiary/aromatic N) is 3. The topological polar surface area (TPSA) is 79.0 Å². The molecule has 6 nitrogen and oxygen atoms in total. The maximum atomic E-state index is 11.6. The molecule has 2 rings (SSSR count). The summed E-state index contributed by atoms with van der Waals surface area (Å²) in [5.41, 5.74) is 5.91. The molecule has 2 heterocycles. The molecule has 0 aromatic rings. The molecule has 2 aliphatic heterocycles. The molecule has 8 heteroatoms. The van der Waals surface area contributed by atoms with Gasteiger partial charge in [0.15, 0.2) is 5.96 Å². The molecular weight excluding hydrogens is 379 g/mol. The Kier molecular flexibility index (Phi) is 6.81. The first kappa shape index (κ1) is 17.0. The van der Waals surface area contributed by atoms with Crippen LogP contribution < -0.4 is 5.73 Å². The minimum Gasteiger partial charge on any atom is -0.370 e. The monoisotopic (exact) mass is 402 g/mol. The maximum absolute atomic E-state index is 11.6. The van der Waals surface area contributed by atoms with E-state index in [1.807, 2.05) is 0 Å². The van der Waals surface area contributed by atoms with E-state index in [-0.39, 0.29) is 29.7 Å². The summed E-state index contributed by atoms with van der Waals surface area (Å²) in [4.78, 5) is 6.38. The summed E-state index contributed by atoms with van der Waals surface area (Å²) < 4.78 is 24.7. The molecule has 0 spiro atoms. The van der Waals surface area contributed by atoms with Gasteiger partial charge in [-0.1, -0.05) is 0 Å². The number of sulfonamides is 1. The van der Waals surface area contributed by atoms with Crippen LogP contribution in [0.1, 0.15) is 25.7 Å². The molecule has 2 aliphatic rings.